The number of benzene rings is 2. The van der Waals surface area contributed by atoms with E-state index in [-0.39, 0.29) is 5.69 Å². The Morgan fingerprint density at radius 2 is 1.86 bits per heavy atom. The molecule has 0 radical (unpaired) electrons. The maximum atomic E-state index is 13.5. The minimum absolute atomic E-state index is 0.108. The van der Waals surface area contributed by atoms with E-state index in [0.717, 1.165) is 34.5 Å². The van der Waals surface area contributed by atoms with Crippen molar-refractivity contribution in [2.24, 2.45) is 0 Å². The maximum Gasteiger partial charge on any atom is 0.243 e. The lowest BCUT2D eigenvalue weighted by molar-refractivity contribution is -0.121. The topological polar surface area (TPSA) is 66.5 Å². The number of carbonyl (C=O) groups excluding carboxylic acids is 1. The van der Waals surface area contributed by atoms with E-state index < -0.39 is 33.6 Å². The van der Waals surface area contributed by atoms with E-state index >= 15 is 0 Å². The molecule has 1 amide bonds. The number of nitrogens with one attached hydrogen (secondary N) is 1. The third-order valence-electron chi connectivity index (χ3n) is 4.31. The molecule has 0 fully saturated rings. The van der Waals surface area contributed by atoms with Crippen molar-refractivity contribution < 1.29 is 22.0 Å². The molecule has 2 rings (SSSR count). The Morgan fingerprint density at radius 1 is 1.17 bits per heavy atom. The van der Waals surface area contributed by atoms with Crippen LogP contribution in [0.25, 0.3) is 0 Å². The molecule has 1 atom stereocenters. The first-order chi connectivity index (χ1) is 13.6. The number of halogens is 2. The lowest BCUT2D eigenvalue weighted by Crippen LogP contribution is -2.48. The predicted octanol–water partition coefficient (Wildman–Crippen LogP) is 3.48. The number of aryl methyl sites for hydroxylation is 1. The molecule has 29 heavy (non-hydrogen) atoms. The summed E-state index contributed by atoms with van der Waals surface area (Å²) >= 11 is 1.65. The average Bonchev–Trinajstić information content (AvgIpc) is 2.64. The molecule has 5 nitrogen and oxygen atoms in total. The van der Waals surface area contributed by atoms with Crippen LogP contribution < -0.4 is 9.62 Å². The molecule has 1 N–H and O–H groups in total. The Labute approximate surface area is 174 Å². The molecule has 0 saturated carbocycles. The minimum atomic E-state index is -3.89. The van der Waals surface area contributed by atoms with E-state index in [9.17, 15) is 22.0 Å². The molecule has 2 aromatic rings. The number of nitrogens with zero attached hydrogens (tertiary/aromatic N) is 1. The second-order valence-corrected chi connectivity index (χ2v) is 9.57. The largest absolute Gasteiger partial charge is 0.353 e. The number of hydrogen-bond acceptors (Lipinski definition) is 4. The monoisotopic (exact) mass is 442 g/mol. The van der Waals surface area contributed by atoms with E-state index in [1.54, 1.807) is 11.8 Å². The molecule has 0 aromatic heterocycles. The number of hydrogen-bond donors (Lipinski definition) is 1. The summed E-state index contributed by atoms with van der Waals surface area (Å²) in [7, 11) is -3.89. The van der Waals surface area contributed by atoms with Crippen molar-refractivity contribution in [3.63, 3.8) is 0 Å². The summed E-state index contributed by atoms with van der Waals surface area (Å²) in [6.07, 6.45) is 0.913. The Hall–Kier alpha value is -2.13. The van der Waals surface area contributed by atoms with Gasteiger partial charge in [-0.2, -0.15) is 11.8 Å². The summed E-state index contributed by atoms with van der Waals surface area (Å²) in [5, 5.41) is 2.70. The second-order valence-electron chi connectivity index (χ2n) is 6.60. The molecule has 0 aliphatic carbocycles. The zero-order valence-corrected chi connectivity index (χ0v) is 18.1. The van der Waals surface area contributed by atoms with Gasteiger partial charge in [-0.3, -0.25) is 9.10 Å². The van der Waals surface area contributed by atoms with Crippen LogP contribution >= 0.6 is 11.8 Å². The van der Waals surface area contributed by atoms with Gasteiger partial charge in [0.1, 0.15) is 6.04 Å². The number of thioether (sulfide) groups is 1. The third-order valence-corrected chi connectivity index (χ3v) is 6.56. The zero-order chi connectivity index (χ0) is 21.6. The first-order valence-electron chi connectivity index (χ1n) is 8.95. The van der Waals surface area contributed by atoms with Crippen molar-refractivity contribution in [1.82, 2.24) is 5.32 Å². The van der Waals surface area contributed by atoms with Crippen molar-refractivity contribution in [2.45, 2.75) is 25.6 Å². The molecule has 158 valence electrons. The van der Waals surface area contributed by atoms with E-state index in [4.69, 9.17) is 0 Å². The fourth-order valence-electron chi connectivity index (χ4n) is 2.78. The van der Waals surface area contributed by atoms with E-state index in [1.807, 2.05) is 25.1 Å². The number of rotatable bonds is 9. The van der Waals surface area contributed by atoms with Crippen LogP contribution in [0, 0.1) is 18.6 Å². The summed E-state index contributed by atoms with van der Waals surface area (Å²) in [5.41, 5.74) is 2.31. The van der Waals surface area contributed by atoms with E-state index in [2.05, 4.69) is 11.4 Å². The highest BCUT2D eigenvalue weighted by Crippen LogP contribution is 2.23. The number of amides is 1. The quantitative estimate of drug-likeness (QED) is 0.604. The van der Waals surface area contributed by atoms with Gasteiger partial charge in [0, 0.05) is 24.1 Å². The van der Waals surface area contributed by atoms with Crippen molar-refractivity contribution in [2.75, 3.05) is 22.9 Å². The van der Waals surface area contributed by atoms with Crippen LogP contribution in [0.5, 0.6) is 0 Å². The van der Waals surface area contributed by atoms with Gasteiger partial charge < -0.3 is 5.32 Å². The lowest BCUT2D eigenvalue weighted by atomic mass is 10.1. The molecular formula is C20H24F2N2O3S2. The van der Waals surface area contributed by atoms with Gasteiger partial charge in [-0.1, -0.05) is 24.3 Å². The van der Waals surface area contributed by atoms with Gasteiger partial charge in [-0.05, 0) is 37.1 Å². The predicted molar refractivity (Wildman–Crippen MR) is 113 cm³/mol. The van der Waals surface area contributed by atoms with Crippen molar-refractivity contribution >= 4 is 33.4 Å². The first kappa shape index (κ1) is 23.2. The molecule has 0 saturated heterocycles. The molecule has 0 aliphatic rings. The van der Waals surface area contributed by atoms with Crippen LogP contribution in [-0.2, 0) is 20.6 Å². The van der Waals surface area contributed by atoms with Crippen LogP contribution in [0.1, 0.15) is 18.1 Å². The van der Waals surface area contributed by atoms with Gasteiger partial charge in [-0.15, -0.1) is 0 Å². The SMILES string of the molecule is Cc1ccccc1CSCCNC(=O)[C@@H](C)N(c1ccc(F)c(F)c1)S(C)(=O)=O. The van der Waals surface area contributed by atoms with Gasteiger partial charge in [0.25, 0.3) is 0 Å². The van der Waals surface area contributed by atoms with Gasteiger partial charge in [0.15, 0.2) is 11.6 Å². The third kappa shape index (κ3) is 6.43. The van der Waals surface area contributed by atoms with E-state index in [0.29, 0.717) is 12.3 Å². The summed E-state index contributed by atoms with van der Waals surface area (Å²) in [6.45, 7) is 3.80. The number of sulfonamides is 1. The smallest absolute Gasteiger partial charge is 0.243 e. The highest BCUT2D eigenvalue weighted by molar-refractivity contribution is 7.98. The second kappa shape index (κ2) is 10.1. The molecule has 0 bridgehead atoms. The van der Waals surface area contributed by atoms with Gasteiger partial charge in [-0.25, -0.2) is 17.2 Å². The van der Waals surface area contributed by atoms with Crippen LogP contribution in [-0.4, -0.2) is 38.9 Å². The van der Waals surface area contributed by atoms with Crippen molar-refractivity contribution in [3.05, 3.63) is 65.2 Å². The molecule has 2 aromatic carbocycles. The normalized spacial score (nSPS) is 12.4. The zero-order valence-electron chi connectivity index (χ0n) is 16.5. The fraction of sp³-hybridized carbons (Fsp3) is 0.350. The standard InChI is InChI=1S/C20H24F2N2O3S2/c1-14-6-4-5-7-16(14)13-28-11-10-23-20(25)15(2)24(29(3,26)27)17-8-9-18(21)19(22)12-17/h4-9,12,15H,10-11,13H2,1-3H3,(H,23,25)/t15-/m1/s1. The Bertz CT molecular complexity index is 968. The van der Waals surface area contributed by atoms with Crippen LogP contribution in [0.2, 0.25) is 0 Å². The van der Waals surface area contributed by atoms with Crippen LogP contribution in [0.4, 0.5) is 14.5 Å². The summed E-state index contributed by atoms with van der Waals surface area (Å²) in [4.78, 5) is 12.4. The highest BCUT2D eigenvalue weighted by Gasteiger charge is 2.29. The van der Waals surface area contributed by atoms with Gasteiger partial charge in [0.05, 0.1) is 11.9 Å². The average molecular weight is 443 g/mol. The minimum Gasteiger partial charge on any atom is -0.353 e. The summed E-state index contributed by atoms with van der Waals surface area (Å²) in [6, 6.07) is 9.65. The molecule has 0 heterocycles. The van der Waals surface area contributed by atoms with E-state index in [1.165, 1.54) is 18.1 Å². The Morgan fingerprint density at radius 3 is 2.48 bits per heavy atom. The van der Waals surface area contributed by atoms with Crippen molar-refractivity contribution in [1.29, 1.82) is 0 Å². The lowest BCUT2D eigenvalue weighted by Gasteiger charge is -2.28. The summed E-state index contributed by atoms with van der Waals surface area (Å²) < 4.78 is 51.8. The maximum absolute atomic E-state index is 13.5. The molecule has 0 aliphatic heterocycles. The Kier molecular flexibility index (Phi) is 8.04. The van der Waals surface area contributed by atoms with Crippen molar-refractivity contribution in [3.8, 4) is 0 Å². The molecule has 9 heteroatoms. The summed E-state index contributed by atoms with van der Waals surface area (Å²) in [5.74, 6) is -1.34. The molecule has 0 spiro atoms. The fourth-order valence-corrected chi connectivity index (χ4v) is 4.88. The number of carbonyl (C=O) groups is 1. The molecule has 0 unspecified atom stereocenters. The van der Waals surface area contributed by atoms with Crippen LogP contribution in [0.15, 0.2) is 42.5 Å². The highest BCUT2D eigenvalue weighted by atomic mass is 32.2. The van der Waals surface area contributed by atoms with Gasteiger partial charge in [0.2, 0.25) is 15.9 Å². The molecular weight excluding hydrogens is 418 g/mol. The van der Waals surface area contributed by atoms with Gasteiger partial charge >= 0.3 is 0 Å². The Balaban J connectivity index is 1.95. The van der Waals surface area contributed by atoms with Crippen LogP contribution in [0.3, 0.4) is 0 Å². The first-order valence-corrected chi connectivity index (χ1v) is 12.0. The number of anilines is 1.